The van der Waals surface area contributed by atoms with Crippen LogP contribution in [0.5, 0.6) is 0 Å². The molecule has 3 aromatic rings. The Hall–Kier alpha value is -3.95. The van der Waals surface area contributed by atoms with E-state index in [4.69, 9.17) is 9.25 Å². The summed E-state index contributed by atoms with van der Waals surface area (Å²) in [6.45, 7) is 2.01. The van der Waals surface area contributed by atoms with E-state index in [1.165, 1.54) is 6.20 Å². The quantitative estimate of drug-likeness (QED) is 0.457. The third-order valence-corrected chi connectivity index (χ3v) is 6.33. The van der Waals surface area contributed by atoms with Crippen LogP contribution in [0, 0.1) is 11.8 Å². The molecule has 2 aliphatic carbocycles. The zero-order valence-electron chi connectivity index (χ0n) is 18.7. The van der Waals surface area contributed by atoms with Gasteiger partial charge in [0.1, 0.15) is 5.69 Å². The summed E-state index contributed by atoms with van der Waals surface area (Å²) in [5.74, 6) is -0.758. The number of aromatic amines is 1. The van der Waals surface area contributed by atoms with Crippen molar-refractivity contribution < 1.29 is 23.6 Å². The van der Waals surface area contributed by atoms with Crippen molar-refractivity contribution in [3.05, 3.63) is 48.0 Å². The molecule has 0 radical (unpaired) electrons. The van der Waals surface area contributed by atoms with Gasteiger partial charge in [0.2, 0.25) is 11.7 Å². The van der Waals surface area contributed by atoms with Crippen LogP contribution < -0.4 is 10.8 Å². The zero-order chi connectivity index (χ0) is 23.7. The molecule has 2 aromatic heterocycles. The molecule has 10 nitrogen and oxygen atoms in total. The van der Waals surface area contributed by atoms with Crippen LogP contribution in [0.2, 0.25) is 0 Å². The number of carbonyl (C=O) groups is 3. The molecule has 2 saturated carbocycles. The monoisotopic (exact) mass is 463 g/mol. The Morgan fingerprint density at radius 2 is 1.91 bits per heavy atom. The number of hydroxylamine groups is 1. The second-order valence-electron chi connectivity index (χ2n) is 8.86. The Bertz CT molecular complexity index is 1220. The van der Waals surface area contributed by atoms with Crippen molar-refractivity contribution >= 4 is 17.8 Å². The van der Waals surface area contributed by atoms with Crippen molar-refractivity contribution in [3.63, 3.8) is 0 Å². The first-order chi connectivity index (χ1) is 16.5. The third-order valence-electron chi connectivity index (χ3n) is 6.33. The summed E-state index contributed by atoms with van der Waals surface area (Å²) in [4.78, 5) is 45.5. The SMILES string of the molecule is C[C@H](NC(=O)c1cc(-c2cccc(-c3ncc(C(=O)NOC(=O)C4CCC4)o3)c2)n[nH]1)C1CC1. The van der Waals surface area contributed by atoms with Gasteiger partial charge in [-0.2, -0.15) is 10.6 Å². The number of aromatic nitrogens is 3. The normalized spacial score (nSPS) is 16.4. The minimum atomic E-state index is -0.689. The van der Waals surface area contributed by atoms with Crippen molar-refractivity contribution in [1.29, 1.82) is 0 Å². The minimum Gasteiger partial charge on any atom is -0.431 e. The number of hydrogen-bond acceptors (Lipinski definition) is 7. The van der Waals surface area contributed by atoms with E-state index in [1.807, 2.05) is 13.0 Å². The highest BCUT2D eigenvalue weighted by atomic mass is 16.7. The number of nitrogens with zero attached hydrogens (tertiary/aromatic N) is 2. The van der Waals surface area contributed by atoms with Crippen molar-refractivity contribution in [2.45, 2.75) is 45.1 Å². The van der Waals surface area contributed by atoms with Crippen LogP contribution in [0.1, 0.15) is 60.1 Å². The van der Waals surface area contributed by atoms with Gasteiger partial charge in [-0.15, -0.1) is 0 Å². The lowest BCUT2D eigenvalue weighted by molar-refractivity contribution is -0.157. The second-order valence-corrected chi connectivity index (χ2v) is 8.86. The van der Waals surface area contributed by atoms with Gasteiger partial charge in [-0.3, -0.25) is 14.7 Å². The molecule has 0 saturated heterocycles. The smallest absolute Gasteiger partial charge is 0.335 e. The fourth-order valence-electron chi connectivity index (χ4n) is 3.78. The molecular formula is C24H25N5O5. The molecular weight excluding hydrogens is 438 g/mol. The number of benzene rings is 1. The maximum Gasteiger partial charge on any atom is 0.335 e. The van der Waals surface area contributed by atoms with Crippen molar-refractivity contribution in [3.8, 4) is 22.7 Å². The van der Waals surface area contributed by atoms with E-state index in [1.54, 1.807) is 24.3 Å². The van der Waals surface area contributed by atoms with Gasteiger partial charge in [-0.05, 0) is 56.7 Å². The molecule has 2 heterocycles. The first-order valence-electron chi connectivity index (χ1n) is 11.4. The molecule has 10 heteroatoms. The minimum absolute atomic E-state index is 0.0784. The summed E-state index contributed by atoms with van der Waals surface area (Å²) in [5.41, 5.74) is 4.47. The fourth-order valence-corrected chi connectivity index (χ4v) is 3.78. The molecule has 176 valence electrons. The molecule has 0 bridgehead atoms. The summed E-state index contributed by atoms with van der Waals surface area (Å²) in [5, 5.41) is 10.1. The first-order valence-corrected chi connectivity index (χ1v) is 11.4. The average molecular weight is 463 g/mol. The van der Waals surface area contributed by atoms with E-state index >= 15 is 0 Å². The van der Waals surface area contributed by atoms with E-state index in [0.717, 1.165) is 37.7 Å². The number of rotatable bonds is 7. The summed E-state index contributed by atoms with van der Waals surface area (Å²) in [7, 11) is 0. The van der Waals surface area contributed by atoms with Gasteiger partial charge in [0, 0.05) is 17.2 Å². The highest BCUT2D eigenvalue weighted by Crippen LogP contribution is 2.32. The van der Waals surface area contributed by atoms with Crippen LogP contribution in [0.25, 0.3) is 22.7 Å². The lowest BCUT2D eigenvalue weighted by Gasteiger charge is -2.22. The number of amides is 2. The Morgan fingerprint density at radius 3 is 2.65 bits per heavy atom. The highest BCUT2D eigenvalue weighted by molar-refractivity contribution is 5.94. The van der Waals surface area contributed by atoms with Gasteiger partial charge in [-0.1, -0.05) is 18.6 Å². The molecule has 0 aliphatic heterocycles. The average Bonchev–Trinajstić information content (AvgIpc) is 3.32. The fraction of sp³-hybridized carbons (Fsp3) is 0.375. The maximum absolute atomic E-state index is 12.5. The van der Waals surface area contributed by atoms with Gasteiger partial charge in [0.15, 0.2) is 0 Å². The van der Waals surface area contributed by atoms with E-state index in [2.05, 4.69) is 26.0 Å². The van der Waals surface area contributed by atoms with Crippen LogP contribution in [0.15, 0.2) is 40.9 Å². The molecule has 2 fully saturated rings. The Kier molecular flexibility index (Phi) is 5.87. The van der Waals surface area contributed by atoms with Crippen LogP contribution in [-0.2, 0) is 9.63 Å². The molecule has 1 aromatic carbocycles. The van der Waals surface area contributed by atoms with Crippen molar-refractivity contribution in [1.82, 2.24) is 26.0 Å². The molecule has 1 atom stereocenters. The first kappa shape index (κ1) is 21.9. The Morgan fingerprint density at radius 1 is 1.12 bits per heavy atom. The van der Waals surface area contributed by atoms with Crippen LogP contribution in [0.4, 0.5) is 0 Å². The largest absolute Gasteiger partial charge is 0.431 e. The Balaban J connectivity index is 1.24. The second kappa shape index (κ2) is 9.12. The molecule has 0 unspecified atom stereocenters. The molecule has 2 aliphatic rings. The predicted molar refractivity (Wildman–Crippen MR) is 120 cm³/mol. The molecule has 2 amide bonds. The topological polar surface area (TPSA) is 139 Å². The summed E-state index contributed by atoms with van der Waals surface area (Å²) in [6, 6.07) is 9.07. The summed E-state index contributed by atoms with van der Waals surface area (Å²) >= 11 is 0. The van der Waals surface area contributed by atoms with Crippen LogP contribution >= 0.6 is 0 Å². The lowest BCUT2D eigenvalue weighted by Crippen LogP contribution is -2.34. The Labute approximate surface area is 195 Å². The van der Waals surface area contributed by atoms with Crippen LogP contribution in [-0.4, -0.2) is 39.0 Å². The highest BCUT2D eigenvalue weighted by Gasteiger charge is 2.30. The molecule has 5 rings (SSSR count). The lowest BCUT2D eigenvalue weighted by atomic mass is 9.86. The number of hydrogen-bond donors (Lipinski definition) is 3. The number of oxazole rings is 1. The number of carbonyl (C=O) groups excluding carboxylic acids is 3. The van der Waals surface area contributed by atoms with Gasteiger partial charge in [0.05, 0.1) is 17.8 Å². The van der Waals surface area contributed by atoms with Gasteiger partial charge in [-0.25, -0.2) is 9.78 Å². The van der Waals surface area contributed by atoms with Crippen molar-refractivity contribution in [2.75, 3.05) is 0 Å². The summed E-state index contributed by atoms with van der Waals surface area (Å²) < 4.78 is 5.56. The third kappa shape index (κ3) is 4.70. The van der Waals surface area contributed by atoms with E-state index in [9.17, 15) is 14.4 Å². The van der Waals surface area contributed by atoms with E-state index in [-0.39, 0.29) is 29.5 Å². The van der Waals surface area contributed by atoms with E-state index < -0.39 is 11.9 Å². The summed E-state index contributed by atoms with van der Waals surface area (Å²) in [6.07, 6.45) is 6.12. The van der Waals surface area contributed by atoms with Crippen molar-refractivity contribution in [2.24, 2.45) is 11.8 Å². The zero-order valence-corrected chi connectivity index (χ0v) is 18.7. The van der Waals surface area contributed by atoms with Crippen LogP contribution in [0.3, 0.4) is 0 Å². The van der Waals surface area contributed by atoms with Gasteiger partial charge >= 0.3 is 11.9 Å². The standard InChI is InChI=1S/C24H25N5O5/c1-13(14-8-9-14)26-21(30)19-11-18(27-28-19)16-6-3-7-17(10-16)23-25-12-20(33-23)22(31)29-34-24(32)15-4-2-5-15/h3,6-7,10-15H,2,4-5,8-9H2,1H3,(H,26,30)(H,27,28)(H,29,31)/t13-/m0/s1. The van der Waals surface area contributed by atoms with Gasteiger partial charge < -0.3 is 14.6 Å². The predicted octanol–water partition coefficient (Wildman–Crippen LogP) is 3.25. The molecule has 3 N–H and O–H groups in total. The number of H-pyrrole nitrogens is 1. The molecule has 34 heavy (non-hydrogen) atoms. The number of nitrogens with one attached hydrogen (secondary N) is 3. The maximum atomic E-state index is 12.5. The van der Waals surface area contributed by atoms with Gasteiger partial charge in [0.25, 0.3) is 5.91 Å². The van der Waals surface area contributed by atoms with E-state index in [0.29, 0.717) is 22.9 Å². The molecule has 0 spiro atoms.